The van der Waals surface area contributed by atoms with Crippen molar-refractivity contribution in [3.05, 3.63) is 89.3 Å². The summed E-state index contributed by atoms with van der Waals surface area (Å²) in [6, 6.07) is 18.7. The summed E-state index contributed by atoms with van der Waals surface area (Å²) < 4.78 is 4.34. The molecule has 0 bridgehead atoms. The van der Waals surface area contributed by atoms with Crippen molar-refractivity contribution in [1.82, 2.24) is 19.6 Å². The Morgan fingerprint density at radius 3 is 2.35 bits per heavy atom. The Bertz CT molecular complexity index is 1040. The van der Waals surface area contributed by atoms with Gasteiger partial charge in [-0.25, -0.2) is 9.36 Å². The van der Waals surface area contributed by atoms with Gasteiger partial charge in [0, 0.05) is 24.0 Å². The maximum absolute atomic E-state index is 12.4. The second kappa shape index (κ2) is 6.97. The lowest BCUT2D eigenvalue weighted by atomic mass is 10.2. The third kappa shape index (κ3) is 3.43. The van der Waals surface area contributed by atoms with Gasteiger partial charge in [-0.1, -0.05) is 18.2 Å². The molecule has 2 aromatic heterocycles. The van der Waals surface area contributed by atoms with Gasteiger partial charge in [0.25, 0.3) is 5.91 Å². The monoisotopic (exact) mass is 407 g/mol. The molecule has 0 saturated carbocycles. The predicted molar refractivity (Wildman–Crippen MR) is 103 cm³/mol. The average molecular weight is 408 g/mol. The summed E-state index contributed by atoms with van der Waals surface area (Å²) in [4.78, 5) is 12.4. The molecule has 0 aliphatic rings. The average Bonchev–Trinajstić information content (AvgIpc) is 3.32. The molecule has 6 nitrogen and oxygen atoms in total. The second-order valence-corrected chi connectivity index (χ2v) is 6.50. The van der Waals surface area contributed by atoms with Crippen LogP contribution in [0.25, 0.3) is 11.4 Å². The molecule has 128 valence electrons. The van der Waals surface area contributed by atoms with Gasteiger partial charge in [0.05, 0.1) is 22.0 Å². The van der Waals surface area contributed by atoms with Gasteiger partial charge in [0.15, 0.2) is 5.82 Å². The number of benzene rings is 2. The summed E-state index contributed by atoms with van der Waals surface area (Å²) in [5.74, 6) is 0.287. The highest BCUT2D eigenvalue weighted by molar-refractivity contribution is 9.10. The summed E-state index contributed by atoms with van der Waals surface area (Å²) in [5, 5.41) is 11.4. The van der Waals surface area contributed by atoms with Crippen LogP contribution in [0.2, 0.25) is 0 Å². The Morgan fingerprint density at radius 2 is 1.65 bits per heavy atom. The molecule has 0 radical (unpaired) electrons. The minimum atomic E-state index is -0.212. The van der Waals surface area contributed by atoms with E-state index in [2.05, 4.69) is 31.4 Å². The summed E-state index contributed by atoms with van der Waals surface area (Å²) in [5.41, 5.74) is 2.36. The normalized spacial score (nSPS) is 10.7. The number of anilines is 1. The van der Waals surface area contributed by atoms with Crippen LogP contribution in [0.1, 0.15) is 10.4 Å². The van der Waals surface area contributed by atoms with Gasteiger partial charge in [-0.15, -0.1) is 0 Å². The summed E-state index contributed by atoms with van der Waals surface area (Å²) in [6.07, 6.45) is 5.37. The van der Waals surface area contributed by atoms with Crippen LogP contribution in [-0.2, 0) is 0 Å². The number of carbonyl (C=O) groups is 1. The lowest BCUT2D eigenvalue weighted by Gasteiger charge is -2.05. The van der Waals surface area contributed by atoms with E-state index in [1.165, 1.54) is 0 Å². The number of carbonyl (C=O) groups excluding carboxylic acids is 1. The molecule has 0 atom stereocenters. The van der Waals surface area contributed by atoms with E-state index in [4.69, 9.17) is 0 Å². The van der Waals surface area contributed by atoms with Crippen molar-refractivity contribution >= 4 is 27.7 Å². The molecular weight excluding hydrogens is 394 g/mol. The number of amides is 1. The number of hydrogen-bond acceptors (Lipinski definition) is 3. The van der Waals surface area contributed by atoms with Gasteiger partial charge < -0.3 is 5.32 Å². The Morgan fingerprint density at radius 1 is 0.923 bits per heavy atom. The molecule has 26 heavy (non-hydrogen) atoms. The van der Waals surface area contributed by atoms with Crippen molar-refractivity contribution in [2.24, 2.45) is 0 Å². The maximum Gasteiger partial charge on any atom is 0.256 e. The Labute approximate surface area is 158 Å². The molecule has 0 unspecified atom stereocenters. The van der Waals surface area contributed by atoms with Gasteiger partial charge in [-0.3, -0.25) is 4.79 Å². The van der Waals surface area contributed by atoms with Crippen molar-refractivity contribution in [1.29, 1.82) is 0 Å². The molecule has 4 rings (SSSR count). The van der Waals surface area contributed by atoms with E-state index >= 15 is 0 Å². The van der Waals surface area contributed by atoms with Crippen LogP contribution >= 0.6 is 15.9 Å². The van der Waals surface area contributed by atoms with Crippen molar-refractivity contribution in [2.45, 2.75) is 0 Å². The van der Waals surface area contributed by atoms with Crippen molar-refractivity contribution < 1.29 is 4.79 Å². The largest absolute Gasteiger partial charge is 0.305 e. The van der Waals surface area contributed by atoms with Crippen LogP contribution in [0.3, 0.4) is 0 Å². The van der Waals surface area contributed by atoms with E-state index < -0.39 is 0 Å². The summed E-state index contributed by atoms with van der Waals surface area (Å²) >= 11 is 3.37. The van der Waals surface area contributed by atoms with E-state index in [0.717, 1.165) is 15.8 Å². The third-order valence-electron chi connectivity index (χ3n) is 3.80. The van der Waals surface area contributed by atoms with Gasteiger partial charge >= 0.3 is 0 Å². The van der Waals surface area contributed by atoms with Crippen LogP contribution in [-0.4, -0.2) is 25.5 Å². The molecule has 2 heterocycles. The molecule has 0 spiro atoms. The Balaban J connectivity index is 1.47. The molecule has 0 saturated heterocycles. The standard InChI is InChI=1S/C19H14BrN5O/c20-15-12-21-25(13-15)17-8-6-14(7-9-17)19(26)22-18-10-11-24(23-18)16-4-2-1-3-5-16/h1-13H,(H,22,23,26). The molecule has 0 aliphatic heterocycles. The predicted octanol–water partition coefficient (Wildman–Crippen LogP) is 4.07. The van der Waals surface area contributed by atoms with Gasteiger partial charge in [-0.2, -0.15) is 10.2 Å². The molecular formula is C19H14BrN5O. The summed E-state index contributed by atoms with van der Waals surface area (Å²) in [6.45, 7) is 0. The molecule has 1 N–H and O–H groups in total. The van der Waals surface area contributed by atoms with Crippen molar-refractivity contribution in [2.75, 3.05) is 5.32 Å². The van der Waals surface area contributed by atoms with Crippen LogP contribution in [0.15, 0.2) is 83.7 Å². The molecule has 0 aliphatic carbocycles. The first-order valence-electron chi connectivity index (χ1n) is 7.92. The fraction of sp³-hybridized carbons (Fsp3) is 0. The van der Waals surface area contributed by atoms with Crippen LogP contribution in [0, 0.1) is 0 Å². The Hall–Kier alpha value is -3.19. The van der Waals surface area contributed by atoms with E-state index in [-0.39, 0.29) is 5.91 Å². The van der Waals surface area contributed by atoms with E-state index in [1.54, 1.807) is 33.8 Å². The van der Waals surface area contributed by atoms with Gasteiger partial charge in [0.1, 0.15) is 0 Å². The van der Waals surface area contributed by atoms with Crippen LogP contribution in [0.5, 0.6) is 0 Å². The zero-order chi connectivity index (χ0) is 17.9. The molecule has 7 heteroatoms. The van der Waals surface area contributed by atoms with Gasteiger partial charge in [0.2, 0.25) is 0 Å². The minimum Gasteiger partial charge on any atom is -0.305 e. The summed E-state index contributed by atoms with van der Waals surface area (Å²) in [7, 11) is 0. The van der Waals surface area contributed by atoms with Crippen molar-refractivity contribution in [3.8, 4) is 11.4 Å². The minimum absolute atomic E-state index is 0.212. The van der Waals surface area contributed by atoms with E-state index in [0.29, 0.717) is 11.4 Å². The molecule has 4 aromatic rings. The zero-order valence-electron chi connectivity index (χ0n) is 13.6. The smallest absolute Gasteiger partial charge is 0.256 e. The molecule has 0 fully saturated rings. The quantitative estimate of drug-likeness (QED) is 0.554. The topological polar surface area (TPSA) is 64.7 Å². The maximum atomic E-state index is 12.4. The lowest BCUT2D eigenvalue weighted by Crippen LogP contribution is -2.12. The number of nitrogens with zero attached hydrogens (tertiary/aromatic N) is 4. The highest BCUT2D eigenvalue weighted by Gasteiger charge is 2.09. The highest BCUT2D eigenvalue weighted by atomic mass is 79.9. The number of para-hydroxylation sites is 1. The first-order chi connectivity index (χ1) is 12.7. The van der Waals surface area contributed by atoms with Crippen LogP contribution < -0.4 is 5.32 Å². The van der Waals surface area contributed by atoms with Crippen LogP contribution in [0.4, 0.5) is 5.82 Å². The zero-order valence-corrected chi connectivity index (χ0v) is 15.2. The second-order valence-electron chi connectivity index (χ2n) is 5.59. The number of nitrogens with one attached hydrogen (secondary N) is 1. The number of rotatable bonds is 4. The first kappa shape index (κ1) is 16.3. The number of aromatic nitrogens is 4. The molecule has 1 amide bonds. The number of hydrogen-bond donors (Lipinski definition) is 1. The third-order valence-corrected chi connectivity index (χ3v) is 4.21. The van der Waals surface area contributed by atoms with E-state index in [9.17, 15) is 4.79 Å². The SMILES string of the molecule is O=C(Nc1ccn(-c2ccccc2)n1)c1ccc(-n2cc(Br)cn2)cc1. The fourth-order valence-corrected chi connectivity index (χ4v) is 2.80. The lowest BCUT2D eigenvalue weighted by molar-refractivity contribution is 0.102. The number of halogens is 1. The molecule has 2 aromatic carbocycles. The Kier molecular flexibility index (Phi) is 4.37. The highest BCUT2D eigenvalue weighted by Crippen LogP contribution is 2.15. The first-order valence-corrected chi connectivity index (χ1v) is 8.71. The van der Waals surface area contributed by atoms with E-state index in [1.807, 2.05) is 54.9 Å². The fourth-order valence-electron chi connectivity index (χ4n) is 2.51. The van der Waals surface area contributed by atoms with Crippen molar-refractivity contribution in [3.63, 3.8) is 0 Å². The van der Waals surface area contributed by atoms with Gasteiger partial charge in [-0.05, 0) is 52.3 Å².